The monoisotopic (exact) mass is 361 g/mol. The summed E-state index contributed by atoms with van der Waals surface area (Å²) in [5.74, 6) is 0.899. The normalized spacial score (nSPS) is 19.8. The van der Waals surface area contributed by atoms with Crippen molar-refractivity contribution in [1.29, 1.82) is 0 Å². The molecule has 1 fully saturated rings. The van der Waals surface area contributed by atoms with Crippen LogP contribution in [0.25, 0.3) is 6.08 Å². The molecule has 1 N–H and O–H groups in total. The topological polar surface area (TPSA) is 73.9 Å². The first-order valence-corrected chi connectivity index (χ1v) is 8.84. The molecule has 6 heteroatoms. The highest BCUT2D eigenvalue weighted by Crippen LogP contribution is 2.30. The summed E-state index contributed by atoms with van der Waals surface area (Å²) in [6.45, 7) is 0.481. The number of benzene rings is 1. The quantitative estimate of drug-likeness (QED) is 0.597. The van der Waals surface area contributed by atoms with Crippen LogP contribution in [-0.4, -0.2) is 39.8 Å². The number of carbonyl (C=O) groups excluding carboxylic acids is 2. The molecule has 0 aliphatic heterocycles. The number of methoxy groups -OCH3 is 3. The molecule has 0 spiro atoms. The standard InChI is InChI=1S/C20H27NO5/c1-24-17-10-8-14(12-18(17)25-2)9-11-19(22)21-13-15-6-4-5-7-16(15)20(23)26-3/h8-12,15-16H,4-7,13H2,1-3H3,(H,21,22)/b11-9+. The average molecular weight is 361 g/mol. The van der Waals surface area contributed by atoms with E-state index in [2.05, 4.69) is 5.32 Å². The van der Waals surface area contributed by atoms with Crippen LogP contribution >= 0.6 is 0 Å². The zero-order valence-corrected chi connectivity index (χ0v) is 15.6. The number of hydrogen-bond donors (Lipinski definition) is 1. The molecule has 1 aliphatic carbocycles. The second-order valence-electron chi connectivity index (χ2n) is 6.37. The predicted molar refractivity (Wildman–Crippen MR) is 99.1 cm³/mol. The van der Waals surface area contributed by atoms with Gasteiger partial charge in [-0.15, -0.1) is 0 Å². The Hall–Kier alpha value is -2.50. The molecule has 1 saturated carbocycles. The summed E-state index contributed by atoms with van der Waals surface area (Å²) < 4.78 is 15.3. The van der Waals surface area contributed by atoms with Crippen LogP contribution in [0.4, 0.5) is 0 Å². The smallest absolute Gasteiger partial charge is 0.309 e. The van der Waals surface area contributed by atoms with Gasteiger partial charge in [-0.1, -0.05) is 18.9 Å². The van der Waals surface area contributed by atoms with Crippen LogP contribution < -0.4 is 14.8 Å². The first-order chi connectivity index (χ1) is 12.6. The molecule has 2 unspecified atom stereocenters. The fourth-order valence-corrected chi connectivity index (χ4v) is 3.33. The lowest BCUT2D eigenvalue weighted by atomic mass is 9.79. The largest absolute Gasteiger partial charge is 0.493 e. The Morgan fingerprint density at radius 1 is 1.12 bits per heavy atom. The molecule has 2 atom stereocenters. The Bertz CT molecular complexity index is 656. The Morgan fingerprint density at radius 2 is 1.85 bits per heavy atom. The second kappa shape index (κ2) is 9.85. The van der Waals surface area contributed by atoms with E-state index in [1.807, 2.05) is 6.07 Å². The Labute approximate surface area is 154 Å². The molecule has 1 amide bonds. The molecule has 6 nitrogen and oxygen atoms in total. The van der Waals surface area contributed by atoms with Gasteiger partial charge in [0.05, 0.1) is 27.2 Å². The predicted octanol–water partition coefficient (Wildman–Crippen LogP) is 2.81. The Kier molecular flexibility index (Phi) is 7.51. The molecule has 1 aliphatic rings. The lowest BCUT2D eigenvalue weighted by Crippen LogP contribution is -2.37. The molecule has 0 radical (unpaired) electrons. The van der Waals surface area contributed by atoms with Crippen LogP contribution in [0.15, 0.2) is 24.3 Å². The molecular formula is C20H27NO5. The summed E-state index contributed by atoms with van der Waals surface area (Å²) in [6.07, 6.45) is 7.07. The highest BCUT2D eigenvalue weighted by molar-refractivity contribution is 5.91. The maximum atomic E-state index is 12.1. The minimum absolute atomic E-state index is 0.121. The van der Waals surface area contributed by atoms with Crippen LogP contribution in [0.3, 0.4) is 0 Å². The van der Waals surface area contributed by atoms with Gasteiger partial charge in [0, 0.05) is 12.6 Å². The van der Waals surface area contributed by atoms with Gasteiger partial charge < -0.3 is 19.5 Å². The minimum atomic E-state index is -0.186. The van der Waals surface area contributed by atoms with Crippen molar-refractivity contribution in [2.45, 2.75) is 25.7 Å². The summed E-state index contributed by atoms with van der Waals surface area (Å²) in [4.78, 5) is 24.0. The van der Waals surface area contributed by atoms with Gasteiger partial charge in [0.1, 0.15) is 0 Å². The molecule has 0 bridgehead atoms. The van der Waals surface area contributed by atoms with Gasteiger partial charge >= 0.3 is 5.97 Å². The summed E-state index contributed by atoms with van der Waals surface area (Å²) in [5.41, 5.74) is 0.836. The highest BCUT2D eigenvalue weighted by atomic mass is 16.5. The molecule has 26 heavy (non-hydrogen) atoms. The Morgan fingerprint density at radius 3 is 2.54 bits per heavy atom. The van der Waals surface area contributed by atoms with Gasteiger partial charge in [0.25, 0.3) is 0 Å². The summed E-state index contributed by atoms with van der Waals surface area (Å²) in [7, 11) is 4.56. The number of hydrogen-bond acceptors (Lipinski definition) is 5. The summed E-state index contributed by atoms with van der Waals surface area (Å²) in [5, 5.41) is 2.89. The number of nitrogens with one attached hydrogen (secondary N) is 1. The maximum absolute atomic E-state index is 12.1. The minimum Gasteiger partial charge on any atom is -0.493 e. The van der Waals surface area contributed by atoms with E-state index in [0.717, 1.165) is 31.2 Å². The van der Waals surface area contributed by atoms with Crippen molar-refractivity contribution in [1.82, 2.24) is 5.32 Å². The van der Waals surface area contributed by atoms with Crippen molar-refractivity contribution in [2.24, 2.45) is 11.8 Å². The summed E-state index contributed by atoms with van der Waals surface area (Å²) >= 11 is 0. The zero-order chi connectivity index (χ0) is 18.9. The van der Waals surface area contributed by atoms with Gasteiger partial charge in [0.2, 0.25) is 5.91 Å². The molecule has 1 aromatic rings. The van der Waals surface area contributed by atoms with E-state index in [9.17, 15) is 9.59 Å². The van der Waals surface area contributed by atoms with Crippen molar-refractivity contribution in [2.75, 3.05) is 27.9 Å². The summed E-state index contributed by atoms with van der Waals surface area (Å²) in [6, 6.07) is 5.44. The molecule has 0 heterocycles. The van der Waals surface area contributed by atoms with E-state index in [4.69, 9.17) is 14.2 Å². The van der Waals surface area contributed by atoms with Gasteiger partial charge in [-0.05, 0) is 42.5 Å². The first kappa shape index (κ1) is 19.8. The third-order valence-electron chi connectivity index (χ3n) is 4.79. The zero-order valence-electron chi connectivity index (χ0n) is 15.6. The van der Waals surface area contributed by atoms with Crippen LogP contribution in [0.5, 0.6) is 11.5 Å². The van der Waals surface area contributed by atoms with E-state index in [-0.39, 0.29) is 23.7 Å². The van der Waals surface area contributed by atoms with E-state index in [1.165, 1.54) is 13.2 Å². The second-order valence-corrected chi connectivity index (χ2v) is 6.37. The number of ether oxygens (including phenoxy) is 3. The van der Waals surface area contributed by atoms with Gasteiger partial charge in [0.15, 0.2) is 11.5 Å². The van der Waals surface area contributed by atoms with Crippen molar-refractivity contribution in [3.05, 3.63) is 29.8 Å². The molecular weight excluding hydrogens is 334 g/mol. The van der Waals surface area contributed by atoms with E-state index < -0.39 is 0 Å². The Balaban J connectivity index is 1.91. The van der Waals surface area contributed by atoms with Gasteiger partial charge in [-0.3, -0.25) is 9.59 Å². The number of carbonyl (C=O) groups is 2. The third-order valence-corrected chi connectivity index (χ3v) is 4.79. The van der Waals surface area contributed by atoms with Crippen LogP contribution in [0, 0.1) is 11.8 Å². The fourth-order valence-electron chi connectivity index (χ4n) is 3.33. The van der Waals surface area contributed by atoms with E-state index in [0.29, 0.717) is 18.0 Å². The van der Waals surface area contributed by atoms with Crippen molar-refractivity contribution in [3.63, 3.8) is 0 Å². The first-order valence-electron chi connectivity index (χ1n) is 8.84. The van der Waals surface area contributed by atoms with E-state index >= 15 is 0 Å². The van der Waals surface area contributed by atoms with Gasteiger partial charge in [-0.2, -0.15) is 0 Å². The molecule has 0 saturated heterocycles. The lowest BCUT2D eigenvalue weighted by Gasteiger charge is -2.29. The molecule has 142 valence electrons. The maximum Gasteiger partial charge on any atom is 0.309 e. The third kappa shape index (κ3) is 5.25. The lowest BCUT2D eigenvalue weighted by molar-refractivity contribution is -0.148. The number of esters is 1. The highest BCUT2D eigenvalue weighted by Gasteiger charge is 2.31. The van der Waals surface area contributed by atoms with E-state index in [1.54, 1.807) is 32.4 Å². The molecule has 0 aromatic heterocycles. The van der Waals surface area contributed by atoms with Crippen molar-refractivity contribution >= 4 is 18.0 Å². The fraction of sp³-hybridized carbons (Fsp3) is 0.500. The number of amides is 1. The van der Waals surface area contributed by atoms with Crippen LogP contribution in [0.2, 0.25) is 0 Å². The SMILES string of the molecule is COC(=O)C1CCCCC1CNC(=O)/C=C/c1ccc(OC)c(OC)c1. The van der Waals surface area contributed by atoms with Gasteiger partial charge in [-0.25, -0.2) is 0 Å². The average Bonchev–Trinajstić information content (AvgIpc) is 2.69. The van der Waals surface area contributed by atoms with Crippen molar-refractivity contribution < 1.29 is 23.8 Å². The van der Waals surface area contributed by atoms with Crippen LogP contribution in [0.1, 0.15) is 31.2 Å². The molecule has 1 aromatic carbocycles. The number of rotatable bonds is 7. The van der Waals surface area contributed by atoms with Crippen molar-refractivity contribution in [3.8, 4) is 11.5 Å². The molecule has 2 rings (SSSR count). The van der Waals surface area contributed by atoms with Crippen LogP contribution in [-0.2, 0) is 14.3 Å².